The molecular weight excluding hydrogens is 460 g/mol. The van der Waals surface area contributed by atoms with Gasteiger partial charge in [-0.25, -0.2) is 14.6 Å². The summed E-state index contributed by atoms with van der Waals surface area (Å²) in [5, 5.41) is 17.6. The van der Waals surface area contributed by atoms with Gasteiger partial charge in [-0.15, -0.1) is 10.2 Å². The number of aryl methyl sites for hydroxylation is 1. The van der Waals surface area contributed by atoms with Crippen LogP contribution in [0.2, 0.25) is 5.02 Å². The molecule has 166 valence electrons. The molecule has 0 atom stereocenters. The Kier molecular flexibility index (Phi) is 5.93. The lowest BCUT2D eigenvalue weighted by Gasteiger charge is -2.11. The van der Waals surface area contributed by atoms with Gasteiger partial charge in [0.05, 0.1) is 22.6 Å². The van der Waals surface area contributed by atoms with Gasteiger partial charge in [-0.05, 0) is 30.7 Å². The molecule has 0 aliphatic heterocycles. The van der Waals surface area contributed by atoms with Gasteiger partial charge in [0, 0.05) is 17.0 Å². The van der Waals surface area contributed by atoms with Crippen LogP contribution in [0.1, 0.15) is 13.3 Å². The summed E-state index contributed by atoms with van der Waals surface area (Å²) >= 11 is 7.36. The number of rotatable bonds is 7. The molecule has 0 saturated carbocycles. The van der Waals surface area contributed by atoms with Crippen LogP contribution in [0.5, 0.6) is 0 Å². The fraction of sp³-hybridized carbons (Fsp3) is 0.182. The summed E-state index contributed by atoms with van der Waals surface area (Å²) in [6.45, 7) is 2.95. The standard InChI is InChI=1S/C22H19ClN8OS/c1-2-9-30-17-6-4-3-5-15(17)20-21(30)27-22(29-28-20)33-11-19(32)26-16-10-14(23)7-8-18(16)31-13-24-12-25-31/h3-8,10,12-13H,2,9,11H2,1H3,(H,26,32). The maximum absolute atomic E-state index is 12.7. The average molecular weight is 479 g/mol. The number of hydrogen-bond acceptors (Lipinski definition) is 7. The Morgan fingerprint density at radius 1 is 1.18 bits per heavy atom. The Hall–Kier alpha value is -3.50. The Labute approximate surface area is 198 Å². The van der Waals surface area contributed by atoms with E-state index in [1.54, 1.807) is 29.2 Å². The highest BCUT2D eigenvalue weighted by atomic mass is 35.5. The van der Waals surface area contributed by atoms with Gasteiger partial charge in [-0.1, -0.05) is 48.5 Å². The minimum atomic E-state index is -0.221. The van der Waals surface area contributed by atoms with Crippen molar-refractivity contribution in [2.75, 3.05) is 11.1 Å². The molecule has 1 N–H and O–H groups in total. The van der Waals surface area contributed by atoms with Crippen LogP contribution in [0.3, 0.4) is 0 Å². The largest absolute Gasteiger partial charge is 0.324 e. The number of nitrogens with one attached hydrogen (secondary N) is 1. The molecule has 1 amide bonds. The number of carbonyl (C=O) groups excluding carboxylic acids is 1. The van der Waals surface area contributed by atoms with E-state index >= 15 is 0 Å². The third kappa shape index (κ3) is 4.27. The lowest BCUT2D eigenvalue weighted by molar-refractivity contribution is -0.113. The molecule has 33 heavy (non-hydrogen) atoms. The van der Waals surface area contributed by atoms with Gasteiger partial charge in [0.1, 0.15) is 18.2 Å². The fourth-order valence-corrected chi connectivity index (χ4v) is 4.41. The molecule has 0 radical (unpaired) electrons. The Morgan fingerprint density at radius 2 is 2.06 bits per heavy atom. The number of fused-ring (bicyclic) bond motifs is 3. The van der Waals surface area contributed by atoms with E-state index in [-0.39, 0.29) is 11.7 Å². The van der Waals surface area contributed by atoms with Crippen molar-refractivity contribution in [3.63, 3.8) is 0 Å². The number of anilines is 1. The maximum atomic E-state index is 12.7. The molecule has 5 rings (SSSR count). The van der Waals surface area contributed by atoms with E-state index in [2.05, 4.69) is 43.2 Å². The van der Waals surface area contributed by atoms with Crippen molar-refractivity contribution < 1.29 is 4.79 Å². The number of aromatic nitrogens is 7. The molecule has 0 fully saturated rings. The van der Waals surface area contributed by atoms with Crippen LogP contribution in [0.4, 0.5) is 5.69 Å². The number of nitrogens with zero attached hydrogens (tertiary/aromatic N) is 7. The van der Waals surface area contributed by atoms with Gasteiger partial charge in [0.2, 0.25) is 11.1 Å². The Balaban J connectivity index is 1.36. The second-order valence-corrected chi connectivity index (χ2v) is 8.65. The van der Waals surface area contributed by atoms with E-state index in [4.69, 9.17) is 16.6 Å². The molecule has 3 aromatic heterocycles. The van der Waals surface area contributed by atoms with Crippen LogP contribution in [0.25, 0.3) is 27.8 Å². The number of benzene rings is 2. The zero-order chi connectivity index (χ0) is 22.8. The van der Waals surface area contributed by atoms with Gasteiger partial charge in [-0.2, -0.15) is 5.10 Å². The molecule has 0 saturated heterocycles. The number of hydrogen-bond donors (Lipinski definition) is 1. The molecule has 0 aliphatic rings. The van der Waals surface area contributed by atoms with Gasteiger partial charge in [-0.3, -0.25) is 4.79 Å². The molecule has 9 nitrogen and oxygen atoms in total. The minimum Gasteiger partial charge on any atom is -0.324 e. The van der Waals surface area contributed by atoms with E-state index in [0.29, 0.717) is 21.6 Å². The lowest BCUT2D eigenvalue weighted by atomic mass is 10.2. The Bertz CT molecular complexity index is 1450. The molecule has 0 bridgehead atoms. The minimum absolute atomic E-state index is 0.116. The normalized spacial score (nSPS) is 11.3. The third-order valence-electron chi connectivity index (χ3n) is 5.03. The highest BCUT2D eigenvalue weighted by Crippen LogP contribution is 2.28. The first-order valence-corrected chi connectivity index (χ1v) is 11.7. The van der Waals surface area contributed by atoms with E-state index in [1.165, 1.54) is 18.1 Å². The fourth-order valence-electron chi connectivity index (χ4n) is 3.66. The number of carbonyl (C=O) groups is 1. The van der Waals surface area contributed by atoms with Crippen LogP contribution < -0.4 is 5.32 Å². The van der Waals surface area contributed by atoms with E-state index < -0.39 is 0 Å². The summed E-state index contributed by atoms with van der Waals surface area (Å²) < 4.78 is 3.71. The monoisotopic (exact) mass is 478 g/mol. The van der Waals surface area contributed by atoms with Crippen LogP contribution in [-0.4, -0.2) is 46.2 Å². The van der Waals surface area contributed by atoms with Crippen LogP contribution >= 0.6 is 23.4 Å². The number of amides is 1. The van der Waals surface area contributed by atoms with Gasteiger partial charge >= 0.3 is 0 Å². The topological polar surface area (TPSA) is 103 Å². The van der Waals surface area contributed by atoms with E-state index in [9.17, 15) is 4.79 Å². The molecule has 11 heteroatoms. The molecule has 2 aromatic carbocycles. The summed E-state index contributed by atoms with van der Waals surface area (Å²) in [6.07, 6.45) is 3.95. The number of thioether (sulfide) groups is 1. The lowest BCUT2D eigenvalue weighted by Crippen LogP contribution is -2.16. The molecule has 0 unspecified atom stereocenters. The quantitative estimate of drug-likeness (QED) is 0.347. The first-order valence-electron chi connectivity index (χ1n) is 10.3. The average Bonchev–Trinajstić information content (AvgIpc) is 3.45. The van der Waals surface area contributed by atoms with Crippen molar-refractivity contribution in [3.8, 4) is 5.69 Å². The third-order valence-corrected chi connectivity index (χ3v) is 6.11. The summed E-state index contributed by atoms with van der Waals surface area (Å²) in [4.78, 5) is 21.4. The summed E-state index contributed by atoms with van der Waals surface area (Å²) in [7, 11) is 0. The van der Waals surface area contributed by atoms with Crippen molar-refractivity contribution in [1.29, 1.82) is 0 Å². The predicted molar refractivity (Wildman–Crippen MR) is 129 cm³/mol. The van der Waals surface area contributed by atoms with Crippen molar-refractivity contribution >= 4 is 57.0 Å². The highest BCUT2D eigenvalue weighted by Gasteiger charge is 2.16. The first-order chi connectivity index (χ1) is 16.1. The summed E-state index contributed by atoms with van der Waals surface area (Å²) in [5.74, 6) is -0.105. The van der Waals surface area contributed by atoms with Gasteiger partial charge < -0.3 is 9.88 Å². The second kappa shape index (κ2) is 9.16. The second-order valence-electron chi connectivity index (χ2n) is 7.27. The molecule has 3 heterocycles. The van der Waals surface area contributed by atoms with Gasteiger partial charge in [0.25, 0.3) is 0 Å². The molecule has 0 aliphatic carbocycles. The summed E-state index contributed by atoms with van der Waals surface area (Å²) in [6, 6.07) is 13.2. The highest BCUT2D eigenvalue weighted by molar-refractivity contribution is 7.99. The number of para-hydroxylation sites is 1. The van der Waals surface area contributed by atoms with Crippen LogP contribution in [-0.2, 0) is 11.3 Å². The predicted octanol–water partition coefficient (Wildman–Crippen LogP) is 4.35. The molecule has 0 spiro atoms. The number of halogens is 1. The van der Waals surface area contributed by atoms with E-state index in [1.807, 2.05) is 18.2 Å². The summed E-state index contributed by atoms with van der Waals surface area (Å²) in [5.41, 5.74) is 3.83. The van der Waals surface area contributed by atoms with Crippen molar-refractivity contribution in [2.24, 2.45) is 0 Å². The van der Waals surface area contributed by atoms with Crippen molar-refractivity contribution in [3.05, 3.63) is 60.1 Å². The van der Waals surface area contributed by atoms with Crippen LogP contribution in [0.15, 0.2) is 60.3 Å². The SMILES string of the molecule is CCCn1c2ccccc2c2nnc(SCC(=O)Nc3cc(Cl)ccc3-n3cncn3)nc21. The van der Waals surface area contributed by atoms with Crippen LogP contribution in [0, 0.1) is 0 Å². The van der Waals surface area contributed by atoms with Crippen molar-refractivity contribution in [2.45, 2.75) is 25.0 Å². The first kappa shape index (κ1) is 21.4. The zero-order valence-electron chi connectivity index (χ0n) is 17.6. The van der Waals surface area contributed by atoms with Gasteiger partial charge in [0.15, 0.2) is 5.65 Å². The van der Waals surface area contributed by atoms with E-state index in [0.717, 1.165) is 35.0 Å². The molecular formula is C22H19ClN8OS. The zero-order valence-corrected chi connectivity index (χ0v) is 19.2. The molecule has 5 aromatic rings. The smallest absolute Gasteiger partial charge is 0.234 e. The Morgan fingerprint density at radius 3 is 2.88 bits per heavy atom. The van der Waals surface area contributed by atoms with Crippen molar-refractivity contribution in [1.82, 2.24) is 34.5 Å². The maximum Gasteiger partial charge on any atom is 0.234 e.